The van der Waals surface area contributed by atoms with Crippen LogP contribution in [0.3, 0.4) is 0 Å². The van der Waals surface area contributed by atoms with Crippen molar-refractivity contribution in [1.29, 1.82) is 0 Å². The molecule has 19 heavy (non-hydrogen) atoms. The van der Waals surface area contributed by atoms with Gasteiger partial charge in [0.2, 0.25) is 0 Å². The first-order chi connectivity index (χ1) is 9.06. The summed E-state index contributed by atoms with van der Waals surface area (Å²) in [5, 5.41) is 20.4. The molecule has 0 fully saturated rings. The van der Waals surface area contributed by atoms with Crippen LogP contribution in [0.4, 0.5) is 0 Å². The van der Waals surface area contributed by atoms with Crippen molar-refractivity contribution in [3.8, 4) is 11.1 Å². The fraction of sp³-hybridized carbons (Fsp3) is 0.188. The van der Waals surface area contributed by atoms with Gasteiger partial charge in [-0.25, -0.2) is 0 Å². The fourth-order valence-corrected chi connectivity index (χ4v) is 2.89. The van der Waals surface area contributed by atoms with Gasteiger partial charge in [0, 0.05) is 0 Å². The Labute approximate surface area is 111 Å². The van der Waals surface area contributed by atoms with Crippen LogP contribution in [-0.2, 0) is 10.4 Å². The van der Waals surface area contributed by atoms with E-state index in [1.54, 1.807) is 19.1 Å². The molecule has 1 aliphatic carbocycles. The van der Waals surface area contributed by atoms with Crippen molar-refractivity contribution < 1.29 is 15.0 Å². The van der Waals surface area contributed by atoms with E-state index < -0.39 is 17.5 Å². The molecule has 2 aromatic carbocycles. The number of benzene rings is 2. The monoisotopic (exact) mass is 254 g/mol. The van der Waals surface area contributed by atoms with Crippen molar-refractivity contribution in [1.82, 2.24) is 0 Å². The van der Waals surface area contributed by atoms with Crippen LogP contribution >= 0.6 is 0 Å². The molecule has 0 aromatic heterocycles. The molecular weight excluding hydrogens is 240 g/mol. The molecule has 0 aliphatic heterocycles. The van der Waals surface area contributed by atoms with E-state index in [1.165, 1.54) is 0 Å². The highest BCUT2D eigenvalue weighted by Crippen LogP contribution is 2.50. The maximum atomic E-state index is 11.4. The highest BCUT2D eigenvalue weighted by Gasteiger charge is 2.48. The third kappa shape index (κ3) is 1.45. The molecule has 0 amide bonds. The van der Waals surface area contributed by atoms with E-state index in [1.807, 2.05) is 36.4 Å². The first-order valence-corrected chi connectivity index (χ1v) is 6.21. The molecule has 3 nitrogen and oxygen atoms in total. The number of hydrogen-bond acceptors (Lipinski definition) is 2. The molecule has 0 radical (unpaired) electrons. The van der Waals surface area contributed by atoms with Gasteiger partial charge in [0.1, 0.15) is 5.60 Å². The second kappa shape index (κ2) is 3.93. The molecule has 2 N–H and O–H groups in total. The summed E-state index contributed by atoms with van der Waals surface area (Å²) < 4.78 is 0. The summed E-state index contributed by atoms with van der Waals surface area (Å²) in [7, 11) is 0. The number of fused-ring (bicyclic) bond motifs is 3. The molecule has 1 aliphatic rings. The molecule has 1 atom stereocenters. The highest BCUT2D eigenvalue weighted by atomic mass is 16.4. The summed E-state index contributed by atoms with van der Waals surface area (Å²) >= 11 is 0. The zero-order valence-electron chi connectivity index (χ0n) is 10.5. The quantitative estimate of drug-likeness (QED) is 0.866. The fourth-order valence-electron chi connectivity index (χ4n) is 2.89. The lowest BCUT2D eigenvalue weighted by Gasteiger charge is -2.29. The minimum atomic E-state index is -1.46. The van der Waals surface area contributed by atoms with E-state index in [4.69, 9.17) is 0 Å². The summed E-state index contributed by atoms with van der Waals surface area (Å²) in [6, 6.07) is 14.9. The van der Waals surface area contributed by atoms with Crippen LogP contribution in [0.15, 0.2) is 48.5 Å². The second-order valence-corrected chi connectivity index (χ2v) is 4.92. The van der Waals surface area contributed by atoms with Crippen molar-refractivity contribution in [3.05, 3.63) is 59.7 Å². The SMILES string of the molecule is CC(C(=O)O)C1(O)c2ccccc2-c2ccccc21. The predicted molar refractivity (Wildman–Crippen MR) is 71.7 cm³/mol. The van der Waals surface area contributed by atoms with Gasteiger partial charge in [-0.2, -0.15) is 0 Å². The minimum absolute atomic E-state index is 0.672. The Hall–Kier alpha value is -2.13. The van der Waals surface area contributed by atoms with Crippen LogP contribution in [0.5, 0.6) is 0 Å². The smallest absolute Gasteiger partial charge is 0.309 e. The average Bonchev–Trinajstić information content (AvgIpc) is 2.70. The molecule has 96 valence electrons. The van der Waals surface area contributed by atoms with Gasteiger partial charge in [-0.05, 0) is 29.2 Å². The molecule has 1 unspecified atom stereocenters. The van der Waals surface area contributed by atoms with E-state index in [0.29, 0.717) is 11.1 Å². The van der Waals surface area contributed by atoms with E-state index in [9.17, 15) is 15.0 Å². The Balaban J connectivity index is 2.34. The van der Waals surface area contributed by atoms with Crippen LogP contribution in [0, 0.1) is 5.92 Å². The molecule has 0 heterocycles. The number of rotatable bonds is 2. The third-order valence-electron chi connectivity index (χ3n) is 3.96. The molecule has 0 spiro atoms. The first kappa shape index (κ1) is 11.9. The summed E-state index contributed by atoms with van der Waals surface area (Å²) in [4.78, 5) is 11.4. The van der Waals surface area contributed by atoms with Gasteiger partial charge in [-0.3, -0.25) is 4.79 Å². The van der Waals surface area contributed by atoms with E-state index >= 15 is 0 Å². The van der Waals surface area contributed by atoms with Crippen LogP contribution < -0.4 is 0 Å². The van der Waals surface area contributed by atoms with Gasteiger partial charge in [-0.1, -0.05) is 48.5 Å². The lowest BCUT2D eigenvalue weighted by atomic mass is 9.80. The first-order valence-electron chi connectivity index (χ1n) is 6.21. The molecular formula is C16H14O3. The lowest BCUT2D eigenvalue weighted by molar-refractivity contribution is -0.148. The Morgan fingerprint density at radius 2 is 1.42 bits per heavy atom. The van der Waals surface area contributed by atoms with Gasteiger partial charge < -0.3 is 10.2 Å². The van der Waals surface area contributed by atoms with Crippen LogP contribution in [0.25, 0.3) is 11.1 Å². The summed E-state index contributed by atoms with van der Waals surface area (Å²) in [5.74, 6) is -1.91. The number of aliphatic hydroxyl groups is 1. The topological polar surface area (TPSA) is 57.5 Å². The average molecular weight is 254 g/mol. The van der Waals surface area contributed by atoms with Crippen molar-refractivity contribution in [2.75, 3.05) is 0 Å². The largest absolute Gasteiger partial charge is 0.481 e. The zero-order valence-corrected chi connectivity index (χ0v) is 10.5. The molecule has 0 bridgehead atoms. The molecule has 3 rings (SSSR count). The molecule has 3 heteroatoms. The maximum Gasteiger partial charge on any atom is 0.309 e. The Morgan fingerprint density at radius 3 is 1.84 bits per heavy atom. The van der Waals surface area contributed by atoms with Gasteiger partial charge in [0.05, 0.1) is 5.92 Å². The van der Waals surface area contributed by atoms with Crippen LogP contribution in [0.2, 0.25) is 0 Å². The number of hydrogen-bond donors (Lipinski definition) is 2. The van der Waals surface area contributed by atoms with Crippen molar-refractivity contribution >= 4 is 5.97 Å². The number of aliphatic carboxylic acids is 1. The summed E-state index contributed by atoms with van der Waals surface area (Å²) in [6.45, 7) is 1.54. The van der Waals surface area contributed by atoms with Gasteiger partial charge in [0.25, 0.3) is 0 Å². The van der Waals surface area contributed by atoms with Gasteiger partial charge in [0.15, 0.2) is 0 Å². The van der Waals surface area contributed by atoms with E-state index in [0.717, 1.165) is 11.1 Å². The van der Waals surface area contributed by atoms with E-state index in [-0.39, 0.29) is 0 Å². The predicted octanol–water partition coefficient (Wildman–Crippen LogP) is 2.62. The molecule has 0 saturated carbocycles. The normalized spacial score (nSPS) is 16.5. The van der Waals surface area contributed by atoms with Crippen molar-refractivity contribution in [2.45, 2.75) is 12.5 Å². The third-order valence-corrected chi connectivity index (χ3v) is 3.96. The summed E-state index contributed by atoms with van der Waals surface area (Å²) in [6.07, 6.45) is 0. The molecule has 2 aromatic rings. The number of carboxylic acid groups (broad SMARTS) is 1. The zero-order chi connectivity index (χ0) is 13.6. The van der Waals surface area contributed by atoms with Crippen molar-refractivity contribution in [2.24, 2.45) is 5.92 Å². The van der Waals surface area contributed by atoms with Gasteiger partial charge >= 0.3 is 5.97 Å². The highest BCUT2D eigenvalue weighted by molar-refractivity contribution is 5.84. The number of carbonyl (C=O) groups is 1. The Morgan fingerprint density at radius 1 is 1.00 bits per heavy atom. The molecule has 0 saturated heterocycles. The second-order valence-electron chi connectivity index (χ2n) is 4.92. The maximum absolute atomic E-state index is 11.4. The summed E-state index contributed by atoms with van der Waals surface area (Å²) in [5.41, 5.74) is 1.71. The van der Waals surface area contributed by atoms with Crippen LogP contribution in [0.1, 0.15) is 18.1 Å². The number of carboxylic acids is 1. The van der Waals surface area contributed by atoms with Gasteiger partial charge in [-0.15, -0.1) is 0 Å². The lowest BCUT2D eigenvalue weighted by Crippen LogP contribution is -2.37. The van der Waals surface area contributed by atoms with Crippen molar-refractivity contribution in [3.63, 3.8) is 0 Å². The Kier molecular flexibility index (Phi) is 2.47. The van der Waals surface area contributed by atoms with E-state index in [2.05, 4.69) is 0 Å². The van der Waals surface area contributed by atoms with Crippen LogP contribution in [-0.4, -0.2) is 16.2 Å². The Bertz CT molecular complexity index is 615. The minimum Gasteiger partial charge on any atom is -0.481 e. The standard InChI is InChI=1S/C16H14O3/c1-10(15(17)18)16(19)13-8-4-2-6-11(13)12-7-3-5-9-14(12)16/h2-10,19H,1H3,(H,17,18).